The number of carbonyl (C=O) groups excluding carboxylic acids is 10. The number of halogens is 1. The summed E-state index contributed by atoms with van der Waals surface area (Å²) in [7, 11) is 3.24. The summed E-state index contributed by atoms with van der Waals surface area (Å²) < 4.78 is 27.1. The smallest absolute Gasteiger partial charge is 0.315 e. The molecule has 0 aromatic heterocycles. The second-order valence-corrected chi connectivity index (χ2v) is 16.0. The van der Waals surface area contributed by atoms with Gasteiger partial charge in [0.05, 0.1) is 46.3 Å². The number of methoxy groups -OCH3 is 3. The molecule has 0 unspecified atom stereocenters. The fraction of sp³-hybridized carbons (Fsp3) is 0.737. The molecule has 2 rings (SSSR count). The van der Waals surface area contributed by atoms with Crippen LogP contribution in [0.1, 0.15) is 90.9 Å². The molecule has 0 spiro atoms. The molecule has 338 valence electrons. The third kappa shape index (κ3) is 18.1. The molecular weight excluding hydrogens is 814 g/mol. The van der Waals surface area contributed by atoms with Crippen molar-refractivity contribution in [1.29, 1.82) is 0 Å². The first kappa shape index (κ1) is 51.1. The van der Waals surface area contributed by atoms with Gasteiger partial charge in [0.15, 0.2) is 5.78 Å². The van der Waals surface area contributed by atoms with Gasteiger partial charge in [0.25, 0.3) is 0 Å². The van der Waals surface area contributed by atoms with E-state index in [0.29, 0.717) is 37.5 Å². The number of hydrogen-bond acceptors (Lipinski definition) is 14. The number of fused-ring (bicyclic) bond motifs is 1. The van der Waals surface area contributed by atoms with Crippen molar-refractivity contribution in [3.05, 3.63) is 0 Å². The summed E-state index contributed by atoms with van der Waals surface area (Å²) in [6.45, 7) is 2.01. The molecule has 20 nitrogen and oxygen atoms in total. The van der Waals surface area contributed by atoms with Gasteiger partial charge in [-0.15, -0.1) is 0 Å². The number of thioether (sulfide) groups is 1. The average molecular weight is 874 g/mol. The second kappa shape index (κ2) is 27.0. The van der Waals surface area contributed by atoms with Crippen molar-refractivity contribution in [1.82, 2.24) is 37.2 Å². The van der Waals surface area contributed by atoms with E-state index in [9.17, 15) is 52.3 Å². The first-order valence-corrected chi connectivity index (χ1v) is 21.0. The minimum absolute atomic E-state index is 0.0325. The summed E-state index contributed by atoms with van der Waals surface area (Å²) in [6, 6.07) is -5.82. The lowest BCUT2D eigenvalue weighted by Crippen LogP contribution is -2.59. The van der Waals surface area contributed by atoms with Gasteiger partial charge in [-0.05, 0) is 38.0 Å². The van der Waals surface area contributed by atoms with Crippen molar-refractivity contribution < 1.29 is 66.5 Å². The van der Waals surface area contributed by atoms with E-state index < -0.39 is 96.9 Å². The molecular formula is C38H60FN7O13S. The van der Waals surface area contributed by atoms with E-state index in [1.807, 2.05) is 11.8 Å². The zero-order valence-corrected chi connectivity index (χ0v) is 35.6. The number of ether oxygens (including phenoxy) is 3. The Hall–Kier alpha value is -5.02. The van der Waals surface area contributed by atoms with Crippen LogP contribution in [0.25, 0.3) is 0 Å². The molecule has 60 heavy (non-hydrogen) atoms. The van der Waals surface area contributed by atoms with E-state index in [-0.39, 0.29) is 43.3 Å². The van der Waals surface area contributed by atoms with E-state index >= 15 is 0 Å². The molecule has 0 bridgehead atoms. The van der Waals surface area contributed by atoms with Crippen LogP contribution in [0.5, 0.6) is 0 Å². The number of Topliss-reactive ketones (excluding diaryl/α,β-unsaturated/α-hetero) is 1. The first-order chi connectivity index (χ1) is 28.5. The van der Waals surface area contributed by atoms with E-state index in [1.165, 1.54) is 0 Å². The summed E-state index contributed by atoms with van der Waals surface area (Å²) in [5.74, 6) is -6.91. The number of unbranched alkanes of at least 4 members (excludes halogenated alkanes) is 3. The van der Waals surface area contributed by atoms with Crippen molar-refractivity contribution in [2.24, 2.45) is 5.92 Å². The standard InChI is InChI=1S/C38H60FN7O13S/c1-21(2)33(37(55)43-23(26(47)19-39)17-31(51)58-4)45-35(53)22(14-15-30(50)57-3)42-36(54)24(18-32(52)59-5)41-29(49)13-7-6-10-16-40-28(48)12-9-8-11-27-34-25(20-60-27)44-38(56)46-34/h21-25,27,33-34H,6-20H2,1-5H3,(H,40,48)(H,41,49)(H,42,54)(H,43,55)(H,45,53)(H2,44,46,56)/t22-,23-,24-,25-,27-,33-,34-/m0/s1. The number of alkyl halides is 1. The van der Waals surface area contributed by atoms with Crippen LogP contribution in [0.3, 0.4) is 0 Å². The van der Waals surface area contributed by atoms with E-state index in [1.54, 1.807) is 13.8 Å². The molecule has 2 aliphatic heterocycles. The average Bonchev–Trinajstić information content (AvgIpc) is 3.78. The van der Waals surface area contributed by atoms with Crippen LogP contribution in [0, 0.1) is 5.92 Å². The first-order valence-electron chi connectivity index (χ1n) is 20.0. The minimum Gasteiger partial charge on any atom is -0.469 e. The molecule has 2 heterocycles. The Morgan fingerprint density at radius 3 is 1.93 bits per heavy atom. The Morgan fingerprint density at radius 1 is 0.700 bits per heavy atom. The lowest BCUT2D eigenvalue weighted by Gasteiger charge is -2.27. The highest BCUT2D eigenvalue weighted by atomic mass is 32.2. The summed E-state index contributed by atoms with van der Waals surface area (Å²) in [5.41, 5.74) is 0. The molecule has 0 aliphatic carbocycles. The third-order valence-electron chi connectivity index (χ3n) is 9.91. The number of hydrogen-bond donors (Lipinski definition) is 7. The van der Waals surface area contributed by atoms with Crippen LogP contribution < -0.4 is 37.2 Å². The van der Waals surface area contributed by atoms with Crippen LogP contribution in [-0.2, 0) is 57.4 Å². The zero-order valence-electron chi connectivity index (χ0n) is 34.8. The molecule has 0 radical (unpaired) electrons. The molecule has 2 saturated heterocycles. The molecule has 2 fully saturated rings. The van der Waals surface area contributed by atoms with Crippen molar-refractivity contribution >= 4 is 71.0 Å². The van der Waals surface area contributed by atoms with E-state index in [2.05, 4.69) is 51.4 Å². The zero-order chi connectivity index (χ0) is 44.8. The molecule has 7 N–H and O–H groups in total. The fourth-order valence-corrected chi connectivity index (χ4v) is 7.99. The molecule has 7 atom stereocenters. The van der Waals surface area contributed by atoms with Gasteiger partial charge in [-0.3, -0.25) is 43.2 Å². The number of rotatable bonds is 28. The minimum atomic E-state index is -1.59. The maximum atomic E-state index is 13.6. The molecule has 0 saturated carbocycles. The summed E-state index contributed by atoms with van der Waals surface area (Å²) in [5, 5.41) is 18.7. The number of amides is 7. The molecule has 22 heteroatoms. The SMILES string of the molecule is COC(=O)CC[C@H](NC(=O)[C@H](CC(=O)OC)NC(=O)CCCCCNC(=O)CCCC[C@@H]1SC[C@@H]2NC(=O)N[C@@H]21)C(=O)N[C@H](C(=O)N[C@@H](CC(=O)OC)C(=O)CF)C(C)C. The summed E-state index contributed by atoms with van der Waals surface area (Å²) in [6.07, 6.45) is 2.40. The highest BCUT2D eigenvalue weighted by molar-refractivity contribution is 8.00. The Balaban J connectivity index is 1.92. The van der Waals surface area contributed by atoms with Crippen LogP contribution in [-0.4, -0.2) is 141 Å². The Morgan fingerprint density at radius 2 is 1.30 bits per heavy atom. The van der Waals surface area contributed by atoms with E-state index in [0.717, 1.165) is 46.3 Å². The van der Waals surface area contributed by atoms with Gasteiger partial charge < -0.3 is 51.4 Å². The van der Waals surface area contributed by atoms with Crippen molar-refractivity contribution in [3.8, 4) is 0 Å². The lowest BCUT2D eigenvalue weighted by molar-refractivity contribution is -0.144. The molecule has 7 amide bonds. The highest BCUT2D eigenvalue weighted by Crippen LogP contribution is 2.33. The monoisotopic (exact) mass is 873 g/mol. The maximum absolute atomic E-state index is 13.6. The van der Waals surface area contributed by atoms with Crippen LogP contribution in [0.2, 0.25) is 0 Å². The van der Waals surface area contributed by atoms with Gasteiger partial charge >= 0.3 is 23.9 Å². The van der Waals surface area contributed by atoms with E-state index in [4.69, 9.17) is 0 Å². The Labute approximate surface area is 352 Å². The summed E-state index contributed by atoms with van der Waals surface area (Å²) >= 11 is 1.83. The topological polar surface area (TPSA) is 283 Å². The van der Waals surface area contributed by atoms with Crippen molar-refractivity contribution in [2.75, 3.05) is 40.3 Å². The van der Waals surface area contributed by atoms with Crippen molar-refractivity contribution in [3.63, 3.8) is 0 Å². The van der Waals surface area contributed by atoms with Gasteiger partial charge in [-0.2, -0.15) is 11.8 Å². The largest absolute Gasteiger partial charge is 0.469 e. The number of nitrogens with one attached hydrogen (secondary N) is 7. The predicted molar refractivity (Wildman–Crippen MR) is 213 cm³/mol. The normalized spacial score (nSPS) is 18.6. The van der Waals surface area contributed by atoms with Gasteiger partial charge in [0.1, 0.15) is 30.8 Å². The maximum Gasteiger partial charge on any atom is 0.315 e. The number of esters is 3. The molecule has 0 aromatic carbocycles. The van der Waals surface area contributed by atoms with Gasteiger partial charge in [-0.25, -0.2) is 9.18 Å². The molecule has 0 aromatic rings. The third-order valence-corrected chi connectivity index (χ3v) is 11.4. The lowest BCUT2D eigenvalue weighted by atomic mass is 10.0. The molecule has 2 aliphatic rings. The van der Waals surface area contributed by atoms with Gasteiger partial charge in [0, 0.05) is 36.8 Å². The van der Waals surface area contributed by atoms with Crippen LogP contribution in [0.15, 0.2) is 0 Å². The number of urea groups is 1. The van der Waals surface area contributed by atoms with Crippen molar-refractivity contribution in [2.45, 2.75) is 132 Å². The number of carbonyl (C=O) groups is 10. The summed E-state index contributed by atoms with van der Waals surface area (Å²) in [4.78, 5) is 125. The fourth-order valence-electron chi connectivity index (χ4n) is 6.45. The number of ketones is 1. The van der Waals surface area contributed by atoms with Crippen LogP contribution >= 0.6 is 11.8 Å². The van der Waals surface area contributed by atoms with Gasteiger partial charge in [0.2, 0.25) is 29.5 Å². The van der Waals surface area contributed by atoms with Crippen LogP contribution in [0.4, 0.5) is 9.18 Å². The van der Waals surface area contributed by atoms with Gasteiger partial charge in [-0.1, -0.05) is 26.7 Å². The Bertz CT molecular complexity index is 1540. The highest BCUT2D eigenvalue weighted by Gasteiger charge is 2.42. The quantitative estimate of drug-likeness (QED) is 0.0228. The second-order valence-electron chi connectivity index (χ2n) is 14.8. The Kier molecular flexibility index (Phi) is 23.0. The predicted octanol–water partition coefficient (Wildman–Crippen LogP) is -0.398.